The van der Waals surface area contributed by atoms with Gasteiger partial charge in [0.1, 0.15) is 23.1 Å². The van der Waals surface area contributed by atoms with Crippen molar-refractivity contribution in [1.82, 2.24) is 30.1 Å². The van der Waals surface area contributed by atoms with Crippen molar-refractivity contribution < 1.29 is 18.3 Å². The summed E-state index contributed by atoms with van der Waals surface area (Å²) in [6.07, 6.45) is 3.95. The average Bonchev–Trinajstić information content (AvgIpc) is 3.39. The summed E-state index contributed by atoms with van der Waals surface area (Å²) in [5, 5.41) is 6.38. The van der Waals surface area contributed by atoms with Gasteiger partial charge in [-0.15, -0.1) is 0 Å². The number of nitrogens with one attached hydrogen (secondary N) is 2. The normalized spacial score (nSPS) is 17.8. The fourth-order valence-corrected chi connectivity index (χ4v) is 5.12. The monoisotopic (exact) mass is 536 g/mol. The number of morpholine rings is 1. The van der Waals surface area contributed by atoms with Crippen LogP contribution in [0.4, 0.5) is 31.9 Å². The minimum absolute atomic E-state index is 0.0639. The summed E-state index contributed by atoms with van der Waals surface area (Å²) in [5.41, 5.74) is 2.33. The highest BCUT2D eigenvalue weighted by Crippen LogP contribution is 2.35. The zero-order valence-electron chi connectivity index (χ0n) is 21.5. The van der Waals surface area contributed by atoms with Gasteiger partial charge < -0.3 is 25.2 Å². The van der Waals surface area contributed by atoms with E-state index in [1.165, 1.54) is 12.1 Å². The van der Waals surface area contributed by atoms with Crippen molar-refractivity contribution in [2.45, 2.75) is 13.0 Å². The number of anilines is 4. The number of hydrogen-bond acceptors (Lipinski definition) is 9. The Balaban J connectivity index is 1.20. The van der Waals surface area contributed by atoms with Crippen LogP contribution in [0.15, 0.2) is 36.7 Å². The number of hydrogen-bond donors (Lipinski definition) is 2. The molecule has 0 bridgehead atoms. The Labute approximate surface area is 225 Å². The standard InChI is InChI=1S/C27H30F2N8O2/c28-22-14-20(15-23(29)21(22)17-35-9-11-39-12-10-35)37-6-2-18-16-32-27(34-25(18)37)33-19-1-3-31-24(13-19)26(38)36-7-4-30-5-8-36/h1,3,13-16,30H,2,4-12,17H2,(H,31,32,33,34). The summed E-state index contributed by atoms with van der Waals surface area (Å²) in [6.45, 7) is 5.96. The van der Waals surface area contributed by atoms with Crippen LogP contribution in [-0.4, -0.2) is 89.7 Å². The fourth-order valence-electron chi connectivity index (χ4n) is 5.12. The Morgan fingerprint density at radius 1 is 1.03 bits per heavy atom. The number of benzene rings is 1. The molecule has 6 rings (SSSR count). The molecule has 0 aliphatic carbocycles. The minimum Gasteiger partial charge on any atom is -0.379 e. The van der Waals surface area contributed by atoms with Crippen LogP contribution in [0.2, 0.25) is 0 Å². The Bertz CT molecular complexity index is 1340. The first-order valence-electron chi connectivity index (χ1n) is 13.2. The van der Waals surface area contributed by atoms with Crippen LogP contribution in [0.5, 0.6) is 0 Å². The summed E-state index contributed by atoms with van der Waals surface area (Å²) >= 11 is 0. The first-order chi connectivity index (χ1) is 19.0. The molecule has 5 heterocycles. The highest BCUT2D eigenvalue weighted by Gasteiger charge is 2.26. The molecule has 39 heavy (non-hydrogen) atoms. The highest BCUT2D eigenvalue weighted by molar-refractivity contribution is 5.93. The number of rotatable bonds is 6. The van der Waals surface area contributed by atoms with Crippen molar-refractivity contribution in [1.29, 1.82) is 0 Å². The summed E-state index contributed by atoms with van der Waals surface area (Å²) in [4.78, 5) is 31.7. The molecule has 204 valence electrons. The van der Waals surface area contributed by atoms with Gasteiger partial charge in [-0.05, 0) is 30.7 Å². The molecule has 10 nitrogen and oxygen atoms in total. The number of carbonyl (C=O) groups excluding carboxylic acids is 1. The van der Waals surface area contributed by atoms with E-state index in [-0.39, 0.29) is 18.0 Å². The zero-order valence-corrected chi connectivity index (χ0v) is 21.5. The number of halogens is 2. The van der Waals surface area contributed by atoms with E-state index in [4.69, 9.17) is 4.74 Å². The van der Waals surface area contributed by atoms with E-state index in [1.54, 1.807) is 34.3 Å². The van der Waals surface area contributed by atoms with Crippen LogP contribution in [0.25, 0.3) is 0 Å². The van der Waals surface area contributed by atoms with Crippen molar-refractivity contribution in [3.63, 3.8) is 0 Å². The Morgan fingerprint density at radius 2 is 1.79 bits per heavy atom. The quantitative estimate of drug-likeness (QED) is 0.492. The predicted molar refractivity (Wildman–Crippen MR) is 141 cm³/mol. The van der Waals surface area contributed by atoms with E-state index in [0.717, 1.165) is 18.7 Å². The third kappa shape index (κ3) is 5.54. The SMILES string of the molecule is O=C(c1cc(Nc2ncc3c(n2)N(c2cc(F)c(CN4CCOCC4)c(F)c2)CC3)ccn1)N1CCNCC1. The number of piperazine rings is 1. The molecule has 2 fully saturated rings. The molecule has 2 saturated heterocycles. The van der Waals surface area contributed by atoms with Crippen molar-refractivity contribution in [3.05, 3.63) is 65.1 Å². The molecule has 0 atom stereocenters. The maximum Gasteiger partial charge on any atom is 0.272 e. The number of carbonyl (C=O) groups is 1. The summed E-state index contributed by atoms with van der Waals surface area (Å²) in [6, 6.07) is 6.16. The first-order valence-corrected chi connectivity index (χ1v) is 13.2. The lowest BCUT2D eigenvalue weighted by Gasteiger charge is -2.27. The van der Waals surface area contributed by atoms with E-state index >= 15 is 8.78 Å². The molecule has 1 amide bonds. The number of amides is 1. The van der Waals surface area contributed by atoms with Crippen LogP contribution < -0.4 is 15.5 Å². The lowest BCUT2D eigenvalue weighted by molar-refractivity contribution is 0.0332. The largest absolute Gasteiger partial charge is 0.379 e. The molecule has 3 aromatic rings. The van der Waals surface area contributed by atoms with Crippen molar-refractivity contribution in [2.24, 2.45) is 0 Å². The summed E-state index contributed by atoms with van der Waals surface area (Å²) < 4.78 is 35.5. The molecule has 0 saturated carbocycles. The van der Waals surface area contributed by atoms with Gasteiger partial charge in [-0.2, -0.15) is 4.98 Å². The second kappa shape index (κ2) is 11.2. The van der Waals surface area contributed by atoms with Gasteiger partial charge in [0.15, 0.2) is 0 Å². The lowest BCUT2D eigenvalue weighted by Crippen LogP contribution is -2.46. The van der Waals surface area contributed by atoms with Gasteiger partial charge in [0, 0.05) is 87.3 Å². The van der Waals surface area contributed by atoms with E-state index < -0.39 is 11.6 Å². The van der Waals surface area contributed by atoms with Gasteiger partial charge in [-0.1, -0.05) is 0 Å². The third-order valence-electron chi connectivity index (χ3n) is 7.26. The zero-order chi connectivity index (χ0) is 26.8. The maximum absolute atomic E-state index is 15.1. The van der Waals surface area contributed by atoms with Crippen molar-refractivity contribution in [3.8, 4) is 0 Å². The molecule has 1 aromatic carbocycles. The molecule has 0 radical (unpaired) electrons. The van der Waals surface area contributed by atoms with Gasteiger partial charge in [-0.3, -0.25) is 14.7 Å². The molecule has 0 unspecified atom stereocenters. The number of pyridine rings is 1. The van der Waals surface area contributed by atoms with E-state index in [9.17, 15) is 4.79 Å². The number of nitrogens with zero attached hydrogens (tertiary/aromatic N) is 6. The molecule has 12 heteroatoms. The fraction of sp³-hybridized carbons (Fsp3) is 0.407. The summed E-state index contributed by atoms with van der Waals surface area (Å²) in [7, 11) is 0. The van der Waals surface area contributed by atoms with Gasteiger partial charge >= 0.3 is 0 Å². The lowest BCUT2D eigenvalue weighted by atomic mass is 10.1. The number of fused-ring (bicyclic) bond motifs is 1. The van der Waals surface area contributed by atoms with E-state index in [2.05, 4.69) is 25.6 Å². The van der Waals surface area contributed by atoms with Crippen LogP contribution in [0.3, 0.4) is 0 Å². The van der Waals surface area contributed by atoms with Gasteiger partial charge in [-0.25, -0.2) is 13.8 Å². The van der Waals surface area contributed by atoms with Crippen LogP contribution in [0.1, 0.15) is 21.6 Å². The number of aromatic nitrogens is 3. The molecule has 3 aliphatic rings. The second-order valence-electron chi connectivity index (χ2n) is 9.82. The van der Waals surface area contributed by atoms with Gasteiger partial charge in [0.05, 0.1) is 13.2 Å². The molecule has 3 aliphatic heterocycles. The van der Waals surface area contributed by atoms with Crippen molar-refractivity contribution >= 4 is 29.0 Å². The van der Waals surface area contributed by atoms with Crippen molar-refractivity contribution in [2.75, 3.05) is 69.2 Å². The molecule has 2 aromatic heterocycles. The van der Waals surface area contributed by atoms with Gasteiger partial charge in [0.2, 0.25) is 5.95 Å². The van der Waals surface area contributed by atoms with E-state index in [0.29, 0.717) is 81.2 Å². The van der Waals surface area contributed by atoms with Gasteiger partial charge in [0.25, 0.3) is 5.91 Å². The summed E-state index contributed by atoms with van der Waals surface area (Å²) in [5.74, 6) is -0.357. The minimum atomic E-state index is -0.573. The Kier molecular flexibility index (Phi) is 7.31. The molecular formula is C27H30F2N8O2. The smallest absolute Gasteiger partial charge is 0.272 e. The third-order valence-corrected chi connectivity index (χ3v) is 7.26. The molecular weight excluding hydrogens is 506 g/mol. The molecule has 0 spiro atoms. The van der Waals surface area contributed by atoms with Crippen LogP contribution in [-0.2, 0) is 17.7 Å². The second-order valence-corrected chi connectivity index (χ2v) is 9.82. The Hall–Kier alpha value is -3.74. The highest BCUT2D eigenvalue weighted by atomic mass is 19.1. The molecule has 2 N–H and O–H groups in total. The Morgan fingerprint density at radius 3 is 2.56 bits per heavy atom. The number of ether oxygens (including phenoxy) is 1. The maximum atomic E-state index is 15.1. The topological polar surface area (TPSA) is 98.8 Å². The average molecular weight is 537 g/mol. The van der Waals surface area contributed by atoms with Crippen LogP contribution >= 0.6 is 0 Å². The predicted octanol–water partition coefficient (Wildman–Crippen LogP) is 2.47. The van der Waals surface area contributed by atoms with E-state index in [1.807, 2.05) is 4.90 Å². The van der Waals surface area contributed by atoms with Crippen LogP contribution in [0, 0.1) is 11.6 Å². The first kappa shape index (κ1) is 25.5.